The highest BCUT2D eigenvalue weighted by Gasteiger charge is 2.26. The van der Waals surface area contributed by atoms with Gasteiger partial charge in [0, 0.05) is 17.6 Å². The van der Waals surface area contributed by atoms with E-state index in [2.05, 4.69) is 6.92 Å². The molecule has 1 saturated carbocycles. The molecule has 1 atom stereocenters. The Kier molecular flexibility index (Phi) is 7.62. The maximum Gasteiger partial charge on any atom is 0.166 e. The summed E-state index contributed by atoms with van der Waals surface area (Å²) < 4.78 is 49.4. The minimum atomic E-state index is -0.769. The van der Waals surface area contributed by atoms with Crippen LogP contribution in [0.3, 0.4) is 0 Å². The third-order valence-corrected chi connectivity index (χ3v) is 7.19. The zero-order valence-corrected chi connectivity index (χ0v) is 19.5. The number of hydrogen-bond acceptors (Lipinski definition) is 1. The summed E-state index contributed by atoms with van der Waals surface area (Å²) in [5.74, 6) is -0.374. The van der Waals surface area contributed by atoms with E-state index in [0.717, 1.165) is 37.2 Å². The van der Waals surface area contributed by atoms with Crippen LogP contribution in [0.1, 0.15) is 75.8 Å². The van der Waals surface area contributed by atoms with Crippen molar-refractivity contribution in [1.29, 1.82) is 0 Å². The summed E-state index contributed by atoms with van der Waals surface area (Å²) in [6.45, 7) is 4.33. The van der Waals surface area contributed by atoms with Crippen LogP contribution in [0.25, 0.3) is 11.1 Å². The highest BCUT2D eigenvalue weighted by Crippen LogP contribution is 2.40. The van der Waals surface area contributed by atoms with E-state index >= 15 is 8.78 Å². The van der Waals surface area contributed by atoms with Crippen molar-refractivity contribution >= 4 is 0 Å². The lowest BCUT2D eigenvalue weighted by atomic mass is 9.77. The Morgan fingerprint density at radius 1 is 0.909 bits per heavy atom. The maximum absolute atomic E-state index is 15.0. The van der Waals surface area contributed by atoms with Crippen LogP contribution in [0, 0.1) is 23.5 Å². The molecule has 176 valence electrons. The van der Waals surface area contributed by atoms with Gasteiger partial charge in [-0.05, 0) is 66.7 Å². The first kappa shape index (κ1) is 23.7. The summed E-state index contributed by atoms with van der Waals surface area (Å²) in [5, 5.41) is 0. The van der Waals surface area contributed by atoms with Gasteiger partial charge in [-0.3, -0.25) is 0 Å². The second-order valence-corrected chi connectivity index (χ2v) is 9.59. The summed E-state index contributed by atoms with van der Waals surface area (Å²) in [7, 11) is 0. The van der Waals surface area contributed by atoms with Gasteiger partial charge in [-0.1, -0.05) is 63.1 Å². The third-order valence-electron chi connectivity index (χ3n) is 7.19. The highest BCUT2D eigenvalue weighted by atomic mass is 19.2. The van der Waals surface area contributed by atoms with Gasteiger partial charge >= 0.3 is 0 Å². The van der Waals surface area contributed by atoms with Crippen molar-refractivity contribution in [1.82, 2.24) is 0 Å². The second kappa shape index (κ2) is 10.6. The van der Waals surface area contributed by atoms with Crippen molar-refractivity contribution in [2.45, 2.75) is 71.3 Å². The van der Waals surface area contributed by atoms with Crippen LogP contribution >= 0.6 is 0 Å². The lowest BCUT2D eigenvalue weighted by Gasteiger charge is -2.29. The molecule has 2 aliphatic rings. The molecule has 2 aliphatic carbocycles. The summed E-state index contributed by atoms with van der Waals surface area (Å²) in [5.41, 5.74) is 2.31. The standard InChI is InChI=1S/C29H33F3O/c1-3-4-20-6-10-22(11-7-20)25-15-16-26(29(32)28(25)31)23-12-8-21(9-13-23)18-33-24-14-5-19(2)27(30)17-24/h8-9,12-17,19-20,22H,3-7,10-11,18H2,1-2H3. The average Bonchev–Trinajstić information content (AvgIpc) is 2.83. The Hall–Kier alpha value is -2.49. The van der Waals surface area contributed by atoms with Crippen molar-refractivity contribution < 1.29 is 17.9 Å². The van der Waals surface area contributed by atoms with E-state index in [9.17, 15) is 4.39 Å². The first-order chi connectivity index (χ1) is 16.0. The number of benzene rings is 2. The lowest BCUT2D eigenvalue weighted by molar-refractivity contribution is 0.205. The van der Waals surface area contributed by atoms with Crippen molar-refractivity contribution in [2.24, 2.45) is 11.8 Å². The molecule has 1 fully saturated rings. The van der Waals surface area contributed by atoms with Crippen molar-refractivity contribution in [3.8, 4) is 11.1 Å². The predicted molar refractivity (Wildman–Crippen MR) is 127 cm³/mol. The number of halogens is 3. The molecule has 2 aromatic carbocycles. The topological polar surface area (TPSA) is 9.23 Å². The Labute approximate surface area is 195 Å². The SMILES string of the molecule is CCCC1CCC(c2ccc(-c3ccc(COC4=CCC(C)C(F)=C4)cc3)c(F)c2F)CC1. The molecule has 4 rings (SSSR count). The zero-order chi connectivity index (χ0) is 23.4. The Morgan fingerprint density at radius 2 is 1.64 bits per heavy atom. The molecule has 0 aromatic heterocycles. The minimum absolute atomic E-state index is 0.102. The van der Waals surface area contributed by atoms with Crippen LogP contribution in [0.5, 0.6) is 0 Å². The van der Waals surface area contributed by atoms with E-state index in [1.807, 2.05) is 25.1 Å². The smallest absolute Gasteiger partial charge is 0.166 e. The van der Waals surface area contributed by atoms with Crippen molar-refractivity contribution in [2.75, 3.05) is 0 Å². The Morgan fingerprint density at radius 3 is 2.30 bits per heavy atom. The summed E-state index contributed by atoms with van der Waals surface area (Å²) in [6, 6.07) is 10.7. The molecule has 0 bridgehead atoms. The van der Waals surface area contributed by atoms with Gasteiger partial charge in [0.1, 0.15) is 18.2 Å². The van der Waals surface area contributed by atoms with Crippen LogP contribution in [0.2, 0.25) is 0 Å². The van der Waals surface area contributed by atoms with E-state index in [-0.39, 0.29) is 23.2 Å². The van der Waals surface area contributed by atoms with Crippen molar-refractivity contribution in [3.63, 3.8) is 0 Å². The fraction of sp³-hybridized carbons (Fsp3) is 0.448. The molecule has 33 heavy (non-hydrogen) atoms. The third kappa shape index (κ3) is 5.54. The molecule has 1 unspecified atom stereocenters. The Bertz CT molecular complexity index is 1010. The zero-order valence-electron chi connectivity index (χ0n) is 19.5. The van der Waals surface area contributed by atoms with E-state index in [1.54, 1.807) is 24.3 Å². The van der Waals surface area contributed by atoms with Crippen LogP contribution in [-0.2, 0) is 11.3 Å². The van der Waals surface area contributed by atoms with Gasteiger partial charge in [-0.25, -0.2) is 13.2 Å². The van der Waals surface area contributed by atoms with Gasteiger partial charge in [0.15, 0.2) is 11.6 Å². The number of hydrogen-bond donors (Lipinski definition) is 0. The van der Waals surface area contributed by atoms with E-state index < -0.39 is 11.6 Å². The molecule has 0 saturated heterocycles. The van der Waals surface area contributed by atoms with E-state index in [4.69, 9.17) is 4.74 Å². The van der Waals surface area contributed by atoms with Gasteiger partial charge < -0.3 is 4.74 Å². The second-order valence-electron chi connectivity index (χ2n) is 9.59. The molecular weight excluding hydrogens is 421 g/mol. The molecule has 0 radical (unpaired) electrons. The molecule has 0 aliphatic heterocycles. The molecule has 0 spiro atoms. The fourth-order valence-corrected chi connectivity index (χ4v) is 5.06. The first-order valence-electron chi connectivity index (χ1n) is 12.2. The first-order valence-corrected chi connectivity index (χ1v) is 12.2. The largest absolute Gasteiger partial charge is 0.489 e. The average molecular weight is 455 g/mol. The maximum atomic E-state index is 15.0. The predicted octanol–water partition coefficient (Wildman–Crippen LogP) is 9.00. The molecule has 0 heterocycles. The van der Waals surface area contributed by atoms with Crippen LogP contribution < -0.4 is 0 Å². The Balaban J connectivity index is 1.41. The van der Waals surface area contributed by atoms with Crippen LogP contribution in [0.4, 0.5) is 13.2 Å². The molecule has 0 amide bonds. The quantitative estimate of drug-likeness (QED) is 0.405. The van der Waals surface area contributed by atoms with Crippen LogP contribution in [0.15, 0.2) is 60.1 Å². The van der Waals surface area contributed by atoms with Gasteiger partial charge in [0.25, 0.3) is 0 Å². The van der Waals surface area contributed by atoms with Gasteiger partial charge in [-0.15, -0.1) is 0 Å². The minimum Gasteiger partial charge on any atom is -0.489 e. The molecule has 4 heteroatoms. The molecular formula is C29H33F3O. The monoisotopic (exact) mass is 454 g/mol. The van der Waals surface area contributed by atoms with E-state index in [1.165, 1.54) is 18.9 Å². The molecule has 1 nitrogen and oxygen atoms in total. The van der Waals surface area contributed by atoms with Gasteiger partial charge in [-0.2, -0.15) is 0 Å². The lowest BCUT2D eigenvalue weighted by Crippen LogP contribution is -2.15. The number of rotatable bonds is 7. The van der Waals surface area contributed by atoms with Gasteiger partial charge in [0.2, 0.25) is 0 Å². The van der Waals surface area contributed by atoms with Gasteiger partial charge in [0.05, 0.1) is 0 Å². The highest BCUT2D eigenvalue weighted by molar-refractivity contribution is 5.65. The fourth-order valence-electron chi connectivity index (χ4n) is 5.06. The number of ether oxygens (including phenoxy) is 1. The molecule has 0 N–H and O–H groups in total. The molecule has 2 aromatic rings. The summed E-state index contributed by atoms with van der Waals surface area (Å²) in [4.78, 5) is 0. The summed E-state index contributed by atoms with van der Waals surface area (Å²) in [6.07, 6.45) is 10.4. The van der Waals surface area contributed by atoms with Crippen molar-refractivity contribution in [3.05, 3.63) is 82.9 Å². The number of allylic oxidation sites excluding steroid dienone is 3. The van der Waals surface area contributed by atoms with Crippen LogP contribution in [-0.4, -0.2) is 0 Å². The normalized spacial score (nSPS) is 23.1. The summed E-state index contributed by atoms with van der Waals surface area (Å²) >= 11 is 0. The van der Waals surface area contributed by atoms with E-state index in [0.29, 0.717) is 29.9 Å².